The molecule has 2 aromatic carbocycles. The van der Waals surface area contributed by atoms with Crippen LogP contribution >= 0.6 is 24.8 Å². The van der Waals surface area contributed by atoms with Crippen LogP contribution in [0.15, 0.2) is 52.9 Å². The van der Waals surface area contributed by atoms with Crippen molar-refractivity contribution in [3.05, 3.63) is 54.1 Å². The molecule has 0 spiro atoms. The van der Waals surface area contributed by atoms with E-state index in [4.69, 9.17) is 10.2 Å². The maximum Gasteiger partial charge on any atom is 0.298 e. The number of rotatable bonds is 3. The van der Waals surface area contributed by atoms with Crippen LogP contribution < -0.4 is 10.6 Å². The number of fused-ring (bicyclic) bond motifs is 1. The fourth-order valence-corrected chi connectivity index (χ4v) is 3.04. The fraction of sp³-hybridized carbons (Fsp3) is 0.278. The lowest BCUT2D eigenvalue weighted by Crippen LogP contribution is -2.46. The lowest BCUT2D eigenvalue weighted by molar-refractivity contribution is 0.245. The first-order valence-electron chi connectivity index (χ1n) is 7.95. The summed E-state index contributed by atoms with van der Waals surface area (Å²) < 4.78 is 5.86. The molecule has 1 aliphatic heterocycles. The molecule has 0 atom stereocenters. The highest BCUT2D eigenvalue weighted by molar-refractivity contribution is 5.85. The van der Waals surface area contributed by atoms with Gasteiger partial charge in [0.25, 0.3) is 6.01 Å². The molecule has 0 saturated carbocycles. The zero-order valence-electron chi connectivity index (χ0n) is 13.8. The van der Waals surface area contributed by atoms with Gasteiger partial charge >= 0.3 is 0 Å². The van der Waals surface area contributed by atoms with Crippen LogP contribution in [0.3, 0.4) is 0 Å². The SMILES string of the molecule is Cl.Cl.Nc1cccc(CN2CCN(c3nc4ccccc4o3)CC2)c1. The van der Waals surface area contributed by atoms with Crippen LogP contribution in [0.25, 0.3) is 11.1 Å². The highest BCUT2D eigenvalue weighted by Crippen LogP contribution is 2.23. The van der Waals surface area contributed by atoms with E-state index in [9.17, 15) is 0 Å². The predicted molar refractivity (Wildman–Crippen MR) is 107 cm³/mol. The third-order valence-electron chi connectivity index (χ3n) is 4.28. The van der Waals surface area contributed by atoms with E-state index in [1.165, 1.54) is 5.56 Å². The fourth-order valence-electron chi connectivity index (χ4n) is 3.04. The van der Waals surface area contributed by atoms with E-state index in [-0.39, 0.29) is 24.8 Å². The number of oxazole rings is 1. The monoisotopic (exact) mass is 380 g/mol. The summed E-state index contributed by atoms with van der Waals surface area (Å²) in [5.41, 5.74) is 9.71. The zero-order valence-corrected chi connectivity index (χ0v) is 15.4. The minimum absolute atomic E-state index is 0. The Morgan fingerprint density at radius 3 is 2.44 bits per heavy atom. The van der Waals surface area contributed by atoms with Gasteiger partial charge in [-0.15, -0.1) is 24.8 Å². The zero-order chi connectivity index (χ0) is 15.6. The van der Waals surface area contributed by atoms with E-state index >= 15 is 0 Å². The van der Waals surface area contributed by atoms with E-state index in [0.29, 0.717) is 0 Å². The van der Waals surface area contributed by atoms with Gasteiger partial charge in [0.2, 0.25) is 0 Å². The molecule has 1 aliphatic rings. The van der Waals surface area contributed by atoms with Crippen molar-refractivity contribution < 1.29 is 4.42 Å². The molecule has 1 aromatic heterocycles. The largest absolute Gasteiger partial charge is 0.423 e. The number of nitrogens with two attached hydrogens (primary N) is 1. The maximum absolute atomic E-state index is 5.86. The van der Waals surface area contributed by atoms with Gasteiger partial charge < -0.3 is 15.1 Å². The quantitative estimate of drug-likeness (QED) is 0.703. The molecule has 5 nitrogen and oxygen atoms in total. The standard InChI is InChI=1S/C18H20N4O.2ClH/c19-15-5-3-4-14(12-15)13-21-8-10-22(11-9-21)18-20-16-6-1-2-7-17(16)23-18;;/h1-7,12H,8-11,13,19H2;2*1H. The molecule has 7 heteroatoms. The number of para-hydroxylation sites is 2. The van der Waals surface area contributed by atoms with E-state index in [2.05, 4.69) is 20.9 Å². The lowest BCUT2D eigenvalue weighted by atomic mass is 10.2. The Labute approximate surface area is 159 Å². The van der Waals surface area contributed by atoms with Crippen LogP contribution in [0.4, 0.5) is 11.7 Å². The Morgan fingerprint density at radius 2 is 1.72 bits per heavy atom. The third kappa shape index (κ3) is 4.37. The number of anilines is 2. The molecule has 25 heavy (non-hydrogen) atoms. The molecule has 134 valence electrons. The molecule has 1 saturated heterocycles. The van der Waals surface area contributed by atoms with Gasteiger partial charge in [-0.1, -0.05) is 24.3 Å². The molecule has 3 aromatic rings. The van der Waals surface area contributed by atoms with Crippen molar-refractivity contribution in [2.75, 3.05) is 36.8 Å². The number of nitrogen functional groups attached to an aromatic ring is 1. The molecule has 0 radical (unpaired) electrons. The predicted octanol–water partition coefficient (Wildman–Crippen LogP) is 3.58. The first kappa shape index (κ1) is 19.4. The summed E-state index contributed by atoms with van der Waals surface area (Å²) in [6, 6.07) is 16.7. The Hall–Kier alpha value is -1.95. The molecular weight excluding hydrogens is 359 g/mol. The van der Waals surface area contributed by atoms with Crippen LogP contribution in [-0.2, 0) is 6.54 Å². The van der Waals surface area contributed by atoms with Crippen LogP contribution in [0, 0.1) is 0 Å². The van der Waals surface area contributed by atoms with Gasteiger partial charge in [0.1, 0.15) is 5.52 Å². The molecule has 0 unspecified atom stereocenters. The number of hydrogen-bond acceptors (Lipinski definition) is 5. The number of nitrogens with zero attached hydrogens (tertiary/aromatic N) is 3. The Kier molecular flexibility index (Phi) is 6.53. The number of hydrogen-bond donors (Lipinski definition) is 1. The molecular formula is C18H22Cl2N4O. The topological polar surface area (TPSA) is 58.5 Å². The average molecular weight is 381 g/mol. The van der Waals surface area contributed by atoms with Gasteiger partial charge in [-0.25, -0.2) is 0 Å². The molecule has 0 amide bonds. The summed E-state index contributed by atoms with van der Waals surface area (Å²) in [6.45, 7) is 4.78. The average Bonchev–Trinajstić information content (AvgIpc) is 2.99. The van der Waals surface area contributed by atoms with Crippen molar-refractivity contribution in [1.29, 1.82) is 0 Å². The highest BCUT2D eigenvalue weighted by Gasteiger charge is 2.21. The third-order valence-corrected chi connectivity index (χ3v) is 4.28. The second-order valence-corrected chi connectivity index (χ2v) is 5.97. The molecule has 0 aliphatic carbocycles. The first-order valence-corrected chi connectivity index (χ1v) is 7.95. The Morgan fingerprint density at radius 1 is 0.960 bits per heavy atom. The van der Waals surface area contributed by atoms with Gasteiger partial charge in [0.05, 0.1) is 0 Å². The van der Waals surface area contributed by atoms with Gasteiger partial charge in [-0.05, 0) is 29.8 Å². The van der Waals surface area contributed by atoms with Crippen LogP contribution in [0.1, 0.15) is 5.56 Å². The summed E-state index contributed by atoms with van der Waals surface area (Å²) in [5.74, 6) is 0. The maximum atomic E-state index is 5.86. The van der Waals surface area contributed by atoms with E-state index in [0.717, 1.165) is 55.5 Å². The Balaban J connectivity index is 0.00000113. The van der Waals surface area contributed by atoms with Crippen molar-refractivity contribution in [2.24, 2.45) is 0 Å². The Bertz CT molecular complexity index is 782. The normalized spacial score (nSPS) is 14.8. The molecule has 1 fully saturated rings. The van der Waals surface area contributed by atoms with E-state index < -0.39 is 0 Å². The van der Waals surface area contributed by atoms with Crippen LogP contribution in [0.2, 0.25) is 0 Å². The summed E-state index contributed by atoms with van der Waals surface area (Å²) in [6.07, 6.45) is 0. The van der Waals surface area contributed by atoms with Crippen LogP contribution in [0.5, 0.6) is 0 Å². The minimum Gasteiger partial charge on any atom is -0.423 e. The molecule has 0 bridgehead atoms. The minimum atomic E-state index is 0. The smallest absolute Gasteiger partial charge is 0.298 e. The van der Waals surface area contributed by atoms with E-state index in [1.54, 1.807) is 0 Å². The summed E-state index contributed by atoms with van der Waals surface area (Å²) in [5, 5.41) is 0. The number of aromatic nitrogens is 1. The van der Waals surface area contributed by atoms with Gasteiger partial charge in [0, 0.05) is 38.4 Å². The first-order chi connectivity index (χ1) is 11.3. The van der Waals surface area contributed by atoms with Gasteiger partial charge in [-0.2, -0.15) is 4.98 Å². The number of piperazine rings is 1. The van der Waals surface area contributed by atoms with Crippen molar-refractivity contribution in [1.82, 2.24) is 9.88 Å². The van der Waals surface area contributed by atoms with Crippen molar-refractivity contribution in [3.8, 4) is 0 Å². The summed E-state index contributed by atoms with van der Waals surface area (Å²) in [7, 11) is 0. The van der Waals surface area contributed by atoms with Gasteiger partial charge in [0.15, 0.2) is 5.58 Å². The summed E-state index contributed by atoms with van der Waals surface area (Å²) >= 11 is 0. The highest BCUT2D eigenvalue weighted by atomic mass is 35.5. The lowest BCUT2D eigenvalue weighted by Gasteiger charge is -2.33. The van der Waals surface area contributed by atoms with E-state index in [1.807, 2.05) is 42.5 Å². The number of halogens is 2. The molecule has 4 rings (SSSR count). The second-order valence-electron chi connectivity index (χ2n) is 5.97. The number of benzene rings is 2. The molecule has 2 heterocycles. The summed E-state index contributed by atoms with van der Waals surface area (Å²) in [4.78, 5) is 9.24. The van der Waals surface area contributed by atoms with Crippen LogP contribution in [-0.4, -0.2) is 36.1 Å². The van der Waals surface area contributed by atoms with Gasteiger partial charge in [-0.3, -0.25) is 4.90 Å². The second kappa shape index (κ2) is 8.43. The molecule has 2 N–H and O–H groups in total. The van der Waals surface area contributed by atoms with Crippen molar-refractivity contribution in [3.63, 3.8) is 0 Å². The van der Waals surface area contributed by atoms with Crippen molar-refractivity contribution in [2.45, 2.75) is 6.54 Å². The van der Waals surface area contributed by atoms with Crippen molar-refractivity contribution >= 4 is 47.6 Å².